The maximum absolute atomic E-state index is 5.91. The van der Waals surface area contributed by atoms with Crippen molar-refractivity contribution in [2.75, 3.05) is 5.43 Å². The molecule has 0 amide bonds. The SMILES string of the molecule is Clc1ccc(C=NNc2nc(-c3ccccc3)cs2)c(Br)c1. The van der Waals surface area contributed by atoms with Crippen molar-refractivity contribution in [1.29, 1.82) is 0 Å². The maximum atomic E-state index is 5.91. The molecule has 0 unspecified atom stereocenters. The highest BCUT2D eigenvalue weighted by Crippen LogP contribution is 2.24. The van der Waals surface area contributed by atoms with Gasteiger partial charge in [0.15, 0.2) is 0 Å². The van der Waals surface area contributed by atoms with Gasteiger partial charge in [0.05, 0.1) is 11.9 Å². The number of nitrogens with one attached hydrogen (secondary N) is 1. The van der Waals surface area contributed by atoms with Gasteiger partial charge < -0.3 is 0 Å². The molecule has 0 spiro atoms. The van der Waals surface area contributed by atoms with Gasteiger partial charge in [-0.2, -0.15) is 5.10 Å². The molecule has 2 aromatic carbocycles. The summed E-state index contributed by atoms with van der Waals surface area (Å²) in [7, 11) is 0. The highest BCUT2D eigenvalue weighted by Gasteiger charge is 2.03. The highest BCUT2D eigenvalue weighted by molar-refractivity contribution is 9.10. The van der Waals surface area contributed by atoms with Crippen molar-refractivity contribution in [3.63, 3.8) is 0 Å². The number of thiazole rings is 1. The molecular formula is C16H11BrClN3S. The Kier molecular flexibility index (Phi) is 4.87. The number of hydrazone groups is 1. The zero-order valence-corrected chi connectivity index (χ0v) is 14.5. The van der Waals surface area contributed by atoms with Crippen molar-refractivity contribution < 1.29 is 0 Å². The lowest BCUT2D eigenvalue weighted by atomic mass is 10.2. The number of nitrogens with zero attached hydrogens (tertiary/aromatic N) is 2. The largest absolute Gasteiger partial charge is 0.253 e. The Balaban J connectivity index is 1.69. The van der Waals surface area contributed by atoms with Crippen molar-refractivity contribution in [1.82, 2.24) is 4.98 Å². The monoisotopic (exact) mass is 391 g/mol. The number of anilines is 1. The van der Waals surface area contributed by atoms with Gasteiger partial charge in [-0.15, -0.1) is 11.3 Å². The molecule has 1 N–H and O–H groups in total. The van der Waals surface area contributed by atoms with Crippen LogP contribution in [0.25, 0.3) is 11.3 Å². The van der Waals surface area contributed by atoms with Crippen molar-refractivity contribution in [2.24, 2.45) is 5.10 Å². The highest BCUT2D eigenvalue weighted by atomic mass is 79.9. The molecule has 3 aromatic rings. The maximum Gasteiger partial charge on any atom is 0.203 e. The van der Waals surface area contributed by atoms with E-state index in [9.17, 15) is 0 Å². The molecule has 0 atom stereocenters. The molecule has 0 aliphatic heterocycles. The Hall–Kier alpha value is -1.69. The van der Waals surface area contributed by atoms with E-state index >= 15 is 0 Å². The number of hydrogen-bond acceptors (Lipinski definition) is 4. The van der Waals surface area contributed by atoms with Crippen LogP contribution in [0.2, 0.25) is 5.02 Å². The van der Waals surface area contributed by atoms with E-state index in [0.717, 1.165) is 26.4 Å². The fourth-order valence-corrected chi connectivity index (χ4v) is 3.28. The van der Waals surface area contributed by atoms with Crippen LogP contribution in [0.4, 0.5) is 5.13 Å². The average Bonchev–Trinajstić information content (AvgIpc) is 2.99. The first-order valence-electron chi connectivity index (χ1n) is 6.47. The van der Waals surface area contributed by atoms with Crippen LogP contribution in [-0.2, 0) is 0 Å². The molecule has 0 bridgehead atoms. The molecule has 1 heterocycles. The minimum absolute atomic E-state index is 0.685. The molecule has 0 saturated heterocycles. The van der Waals surface area contributed by atoms with Gasteiger partial charge in [-0.25, -0.2) is 4.98 Å². The first-order chi connectivity index (χ1) is 10.7. The summed E-state index contributed by atoms with van der Waals surface area (Å²) in [4.78, 5) is 4.51. The first-order valence-corrected chi connectivity index (χ1v) is 8.52. The van der Waals surface area contributed by atoms with E-state index in [1.807, 2.05) is 53.9 Å². The zero-order valence-electron chi connectivity index (χ0n) is 11.3. The minimum Gasteiger partial charge on any atom is -0.253 e. The van der Waals surface area contributed by atoms with Crippen LogP contribution in [0.1, 0.15) is 5.56 Å². The van der Waals surface area contributed by atoms with Gasteiger partial charge >= 0.3 is 0 Å². The molecule has 3 nitrogen and oxygen atoms in total. The number of halogens is 2. The van der Waals surface area contributed by atoms with Gasteiger partial charge in [0.25, 0.3) is 0 Å². The van der Waals surface area contributed by atoms with Crippen molar-refractivity contribution in [3.8, 4) is 11.3 Å². The summed E-state index contributed by atoms with van der Waals surface area (Å²) in [5.74, 6) is 0. The molecule has 0 aliphatic rings. The predicted molar refractivity (Wildman–Crippen MR) is 97.9 cm³/mol. The third kappa shape index (κ3) is 3.74. The van der Waals surface area contributed by atoms with Crippen molar-refractivity contribution in [3.05, 3.63) is 69.0 Å². The second-order valence-electron chi connectivity index (χ2n) is 4.44. The standard InChI is InChI=1S/C16H11BrClN3S/c17-14-8-13(18)7-6-12(14)9-19-21-16-20-15(10-22-16)11-4-2-1-3-5-11/h1-10H,(H,20,21). The van der Waals surface area contributed by atoms with Crippen LogP contribution < -0.4 is 5.43 Å². The quantitative estimate of drug-likeness (QED) is 0.458. The molecule has 0 saturated carbocycles. The molecule has 0 fully saturated rings. The Bertz CT molecular complexity index is 802. The summed E-state index contributed by atoms with van der Waals surface area (Å²) < 4.78 is 0.898. The molecular weight excluding hydrogens is 382 g/mol. The normalized spacial score (nSPS) is 11.0. The molecule has 3 rings (SSSR count). The van der Waals surface area contributed by atoms with Gasteiger partial charge in [0.1, 0.15) is 0 Å². The Morgan fingerprint density at radius 2 is 2.00 bits per heavy atom. The Morgan fingerprint density at radius 3 is 2.77 bits per heavy atom. The van der Waals surface area contributed by atoms with Crippen LogP contribution in [0.5, 0.6) is 0 Å². The zero-order chi connectivity index (χ0) is 15.4. The second-order valence-corrected chi connectivity index (χ2v) is 6.59. The molecule has 1 aromatic heterocycles. The van der Waals surface area contributed by atoms with Gasteiger partial charge in [-0.1, -0.05) is 63.9 Å². The average molecular weight is 393 g/mol. The Labute approximate surface area is 145 Å². The molecule has 0 radical (unpaired) electrons. The van der Waals surface area contributed by atoms with Gasteiger partial charge in [0.2, 0.25) is 5.13 Å². The first kappa shape index (κ1) is 15.2. The summed E-state index contributed by atoms with van der Waals surface area (Å²) >= 11 is 10.9. The van der Waals surface area contributed by atoms with E-state index in [1.54, 1.807) is 6.21 Å². The number of benzene rings is 2. The number of aromatic nitrogens is 1. The van der Waals surface area contributed by atoms with Crippen molar-refractivity contribution in [2.45, 2.75) is 0 Å². The lowest BCUT2D eigenvalue weighted by molar-refractivity contribution is 1.29. The van der Waals surface area contributed by atoms with Crippen LogP contribution in [-0.4, -0.2) is 11.2 Å². The summed E-state index contributed by atoms with van der Waals surface area (Å²) in [5.41, 5.74) is 5.92. The minimum atomic E-state index is 0.685. The van der Waals surface area contributed by atoms with Gasteiger partial charge in [0, 0.05) is 26.0 Å². The summed E-state index contributed by atoms with van der Waals surface area (Å²) in [6.07, 6.45) is 1.73. The summed E-state index contributed by atoms with van der Waals surface area (Å²) in [6, 6.07) is 15.6. The fourth-order valence-electron chi connectivity index (χ4n) is 1.83. The van der Waals surface area contributed by atoms with Crippen LogP contribution in [0, 0.1) is 0 Å². The third-order valence-corrected chi connectivity index (χ3v) is 4.57. The van der Waals surface area contributed by atoms with Crippen LogP contribution in [0.3, 0.4) is 0 Å². The summed E-state index contributed by atoms with van der Waals surface area (Å²) in [5, 5.41) is 7.65. The van der Waals surface area contributed by atoms with Gasteiger partial charge in [-0.3, -0.25) is 5.43 Å². The molecule has 6 heteroatoms. The fraction of sp³-hybridized carbons (Fsp3) is 0. The van der Waals surface area contributed by atoms with E-state index in [4.69, 9.17) is 11.6 Å². The third-order valence-electron chi connectivity index (χ3n) is 2.90. The summed E-state index contributed by atoms with van der Waals surface area (Å²) in [6.45, 7) is 0. The molecule has 0 aliphatic carbocycles. The van der Waals surface area contributed by atoms with E-state index in [1.165, 1.54) is 11.3 Å². The van der Waals surface area contributed by atoms with E-state index in [2.05, 4.69) is 31.4 Å². The number of hydrogen-bond donors (Lipinski definition) is 1. The molecule has 110 valence electrons. The lowest BCUT2D eigenvalue weighted by Crippen LogP contribution is -1.91. The van der Waals surface area contributed by atoms with Crippen molar-refractivity contribution >= 4 is 50.2 Å². The Morgan fingerprint density at radius 1 is 1.18 bits per heavy atom. The van der Waals surface area contributed by atoms with Crippen LogP contribution >= 0.6 is 38.9 Å². The lowest BCUT2D eigenvalue weighted by Gasteiger charge is -1.99. The van der Waals surface area contributed by atoms with Gasteiger partial charge in [-0.05, 0) is 12.1 Å². The smallest absolute Gasteiger partial charge is 0.203 e. The molecule has 22 heavy (non-hydrogen) atoms. The van der Waals surface area contributed by atoms with Crippen LogP contribution in [0.15, 0.2) is 63.5 Å². The van der Waals surface area contributed by atoms with E-state index < -0.39 is 0 Å². The van der Waals surface area contributed by atoms with E-state index in [-0.39, 0.29) is 0 Å². The van der Waals surface area contributed by atoms with E-state index in [0.29, 0.717) is 5.02 Å². The predicted octanol–water partition coefficient (Wildman–Crippen LogP) is 5.67. The topological polar surface area (TPSA) is 37.3 Å². The number of rotatable bonds is 4. The second kappa shape index (κ2) is 7.05.